The van der Waals surface area contributed by atoms with Crippen molar-refractivity contribution in [3.05, 3.63) is 102 Å². The van der Waals surface area contributed by atoms with Gasteiger partial charge in [-0.1, -0.05) is 84.4 Å². The third-order valence-electron chi connectivity index (χ3n) is 4.67. The van der Waals surface area contributed by atoms with E-state index in [-0.39, 0.29) is 0 Å². The minimum atomic E-state index is 0.456. The van der Waals surface area contributed by atoms with E-state index >= 15 is 0 Å². The highest BCUT2D eigenvalue weighted by Gasteiger charge is 2.16. The molecule has 0 atom stereocenters. The number of hydrogen-bond donors (Lipinski definition) is 0. The van der Waals surface area contributed by atoms with E-state index in [1.54, 1.807) is 6.07 Å². The van der Waals surface area contributed by atoms with Crippen molar-refractivity contribution < 1.29 is 4.74 Å². The van der Waals surface area contributed by atoms with E-state index in [1.807, 2.05) is 84.9 Å². The van der Waals surface area contributed by atoms with Crippen LogP contribution >= 0.6 is 23.4 Å². The van der Waals surface area contributed by atoms with Gasteiger partial charge in [-0.2, -0.15) is 5.26 Å². The normalized spacial score (nSPS) is 10.5. The zero-order chi connectivity index (χ0) is 21.5. The average Bonchev–Trinajstić information content (AvgIpc) is 2.83. The van der Waals surface area contributed by atoms with Crippen LogP contribution < -0.4 is 4.74 Å². The number of benzene rings is 3. The Bertz CT molecular complexity index is 1210. The molecule has 0 fully saturated rings. The van der Waals surface area contributed by atoms with E-state index in [1.165, 1.54) is 11.8 Å². The van der Waals surface area contributed by atoms with Gasteiger partial charge in [-0.25, -0.2) is 4.98 Å². The Labute approximate surface area is 191 Å². The van der Waals surface area contributed by atoms with Crippen molar-refractivity contribution in [3.8, 4) is 34.2 Å². The molecule has 0 saturated carbocycles. The van der Waals surface area contributed by atoms with Gasteiger partial charge >= 0.3 is 0 Å². The van der Waals surface area contributed by atoms with Crippen molar-refractivity contribution >= 4 is 23.4 Å². The first-order valence-corrected chi connectivity index (χ1v) is 11.2. The van der Waals surface area contributed by atoms with Crippen molar-refractivity contribution in [2.24, 2.45) is 0 Å². The predicted octanol–water partition coefficient (Wildman–Crippen LogP) is 7.11. The minimum Gasteiger partial charge on any atom is -0.491 e. The summed E-state index contributed by atoms with van der Waals surface area (Å²) in [4.78, 5) is 4.82. The Morgan fingerprint density at radius 2 is 1.52 bits per heavy atom. The second kappa shape index (κ2) is 10.2. The van der Waals surface area contributed by atoms with Gasteiger partial charge in [0.05, 0.1) is 22.9 Å². The van der Waals surface area contributed by atoms with Crippen molar-refractivity contribution in [1.29, 1.82) is 5.26 Å². The zero-order valence-electron chi connectivity index (χ0n) is 16.7. The lowest BCUT2D eigenvalue weighted by Crippen LogP contribution is -2.02. The average molecular weight is 443 g/mol. The van der Waals surface area contributed by atoms with Gasteiger partial charge in [0.25, 0.3) is 0 Å². The highest BCUT2D eigenvalue weighted by molar-refractivity contribution is 7.99. The van der Waals surface area contributed by atoms with E-state index in [2.05, 4.69) is 6.07 Å². The third-order valence-corrected chi connectivity index (χ3v) is 5.92. The Balaban J connectivity index is 1.64. The molecule has 0 radical (unpaired) electrons. The molecule has 0 aliphatic carbocycles. The predicted molar refractivity (Wildman–Crippen MR) is 127 cm³/mol. The van der Waals surface area contributed by atoms with Crippen LogP contribution in [0.2, 0.25) is 5.02 Å². The second-order valence-electron chi connectivity index (χ2n) is 6.71. The summed E-state index contributed by atoms with van der Waals surface area (Å²) in [6.07, 6.45) is 0. The molecule has 3 aromatic carbocycles. The van der Waals surface area contributed by atoms with E-state index in [9.17, 15) is 5.26 Å². The standard InChI is InChI=1S/C26H19ClN2OS/c27-23-13-7-8-14-25(23)30-15-16-31-26-22(18-28)21(19-9-3-1-4-10-19)17-24(29-26)20-11-5-2-6-12-20/h1-14,17H,15-16H2. The fraction of sp³-hybridized carbons (Fsp3) is 0.0769. The summed E-state index contributed by atoms with van der Waals surface area (Å²) in [5.74, 6) is 1.29. The van der Waals surface area contributed by atoms with Crippen LogP contribution in [0, 0.1) is 11.3 Å². The molecule has 0 aliphatic rings. The molecule has 0 bridgehead atoms. The van der Waals surface area contributed by atoms with Gasteiger partial charge in [0.15, 0.2) is 0 Å². The molecule has 0 amide bonds. The molecule has 4 aromatic rings. The lowest BCUT2D eigenvalue weighted by molar-refractivity contribution is 0.344. The Morgan fingerprint density at radius 3 is 2.19 bits per heavy atom. The molecule has 1 aromatic heterocycles. The number of hydrogen-bond acceptors (Lipinski definition) is 4. The Kier molecular flexibility index (Phi) is 6.89. The van der Waals surface area contributed by atoms with Gasteiger partial charge < -0.3 is 4.74 Å². The molecule has 0 N–H and O–H groups in total. The van der Waals surface area contributed by atoms with Gasteiger partial charge in [0.2, 0.25) is 0 Å². The minimum absolute atomic E-state index is 0.456. The number of rotatable bonds is 7. The number of aromatic nitrogens is 1. The summed E-state index contributed by atoms with van der Waals surface area (Å²) in [7, 11) is 0. The maximum absolute atomic E-state index is 9.94. The van der Waals surface area contributed by atoms with Crippen molar-refractivity contribution in [2.75, 3.05) is 12.4 Å². The molecule has 0 spiro atoms. The van der Waals surface area contributed by atoms with Crippen molar-refractivity contribution in [3.63, 3.8) is 0 Å². The highest BCUT2D eigenvalue weighted by atomic mass is 35.5. The second-order valence-corrected chi connectivity index (χ2v) is 8.20. The molecular formula is C26H19ClN2OS. The maximum atomic E-state index is 9.94. The number of pyridine rings is 1. The molecule has 152 valence electrons. The Morgan fingerprint density at radius 1 is 0.871 bits per heavy atom. The highest BCUT2D eigenvalue weighted by Crippen LogP contribution is 2.34. The molecule has 0 saturated heterocycles. The topological polar surface area (TPSA) is 45.9 Å². The molecule has 4 rings (SSSR count). The van der Waals surface area contributed by atoms with Crippen LogP contribution in [-0.2, 0) is 0 Å². The number of nitrogens with zero attached hydrogens (tertiary/aromatic N) is 2. The van der Waals surface area contributed by atoms with E-state index in [0.29, 0.717) is 33.7 Å². The van der Waals surface area contributed by atoms with Crippen LogP contribution in [0.4, 0.5) is 0 Å². The number of para-hydroxylation sites is 1. The lowest BCUT2D eigenvalue weighted by Gasteiger charge is -2.13. The van der Waals surface area contributed by atoms with Crippen LogP contribution in [0.15, 0.2) is 96.0 Å². The van der Waals surface area contributed by atoms with E-state index < -0.39 is 0 Å². The summed E-state index contributed by atoms with van der Waals surface area (Å²) in [5, 5.41) is 11.2. The van der Waals surface area contributed by atoms with Crippen LogP contribution in [0.3, 0.4) is 0 Å². The van der Waals surface area contributed by atoms with Gasteiger partial charge in [-0.3, -0.25) is 0 Å². The third kappa shape index (κ3) is 5.08. The molecule has 1 heterocycles. The summed E-state index contributed by atoms with van der Waals surface area (Å²) >= 11 is 7.67. The SMILES string of the molecule is N#Cc1c(-c2ccccc2)cc(-c2ccccc2)nc1SCCOc1ccccc1Cl. The number of nitriles is 1. The largest absolute Gasteiger partial charge is 0.491 e. The van der Waals surface area contributed by atoms with Gasteiger partial charge in [-0.05, 0) is 23.8 Å². The quantitative estimate of drug-likeness (QED) is 0.226. The molecule has 3 nitrogen and oxygen atoms in total. The first kappa shape index (κ1) is 21.0. The van der Waals surface area contributed by atoms with Gasteiger partial charge in [-0.15, -0.1) is 11.8 Å². The van der Waals surface area contributed by atoms with E-state index in [0.717, 1.165) is 22.4 Å². The summed E-state index contributed by atoms with van der Waals surface area (Å²) in [6.45, 7) is 0.456. The van der Waals surface area contributed by atoms with Crippen LogP contribution in [0.25, 0.3) is 22.4 Å². The van der Waals surface area contributed by atoms with Crippen molar-refractivity contribution in [2.45, 2.75) is 5.03 Å². The fourth-order valence-corrected chi connectivity index (χ4v) is 4.20. The van der Waals surface area contributed by atoms with Gasteiger partial charge in [0, 0.05) is 16.9 Å². The number of ether oxygens (including phenoxy) is 1. The smallest absolute Gasteiger partial charge is 0.137 e. The Hall–Kier alpha value is -3.26. The molecule has 5 heteroatoms. The van der Waals surface area contributed by atoms with E-state index in [4.69, 9.17) is 21.3 Å². The lowest BCUT2D eigenvalue weighted by atomic mass is 9.99. The number of halogens is 1. The molecule has 0 unspecified atom stereocenters. The first-order chi connectivity index (χ1) is 15.3. The van der Waals surface area contributed by atoms with Crippen LogP contribution in [-0.4, -0.2) is 17.3 Å². The molecular weight excluding hydrogens is 424 g/mol. The fourth-order valence-electron chi connectivity index (χ4n) is 3.19. The van der Waals surface area contributed by atoms with Crippen molar-refractivity contribution in [1.82, 2.24) is 4.98 Å². The van der Waals surface area contributed by atoms with Gasteiger partial charge in [0.1, 0.15) is 16.8 Å². The monoisotopic (exact) mass is 442 g/mol. The molecule has 0 aliphatic heterocycles. The van der Waals surface area contributed by atoms with Crippen LogP contribution in [0.1, 0.15) is 5.56 Å². The number of thioether (sulfide) groups is 1. The first-order valence-electron chi connectivity index (χ1n) is 9.82. The maximum Gasteiger partial charge on any atom is 0.137 e. The summed E-state index contributed by atoms with van der Waals surface area (Å²) < 4.78 is 5.80. The summed E-state index contributed by atoms with van der Waals surface area (Å²) in [6, 6.07) is 31.7. The zero-order valence-corrected chi connectivity index (χ0v) is 18.2. The summed E-state index contributed by atoms with van der Waals surface area (Å²) in [5.41, 5.74) is 4.30. The molecule has 31 heavy (non-hydrogen) atoms. The van der Waals surface area contributed by atoms with Crippen LogP contribution in [0.5, 0.6) is 5.75 Å².